The number of rotatable bonds is 5. The van der Waals surface area contributed by atoms with Gasteiger partial charge in [-0.3, -0.25) is 9.69 Å². The van der Waals surface area contributed by atoms with Crippen LogP contribution in [0.5, 0.6) is 0 Å². The van der Waals surface area contributed by atoms with E-state index in [-0.39, 0.29) is 16.8 Å². The molecule has 3 rings (SSSR count). The molecule has 8 heteroatoms. The van der Waals surface area contributed by atoms with Crippen LogP contribution in [0.4, 0.5) is 4.39 Å². The minimum Gasteiger partial charge on any atom is -0.352 e. The van der Waals surface area contributed by atoms with Crippen molar-refractivity contribution < 1.29 is 17.6 Å². The fraction of sp³-hybridized carbons (Fsp3) is 0.667. The highest BCUT2D eigenvalue weighted by Crippen LogP contribution is 2.19. The third-order valence-electron chi connectivity index (χ3n) is 5.84. The Labute approximate surface area is 173 Å². The van der Waals surface area contributed by atoms with Crippen molar-refractivity contribution in [1.82, 2.24) is 14.5 Å². The van der Waals surface area contributed by atoms with E-state index in [1.165, 1.54) is 48.5 Å². The highest BCUT2D eigenvalue weighted by Gasteiger charge is 2.27. The van der Waals surface area contributed by atoms with Gasteiger partial charge < -0.3 is 5.32 Å². The van der Waals surface area contributed by atoms with E-state index in [1.807, 2.05) is 4.90 Å². The van der Waals surface area contributed by atoms with E-state index in [2.05, 4.69) is 5.32 Å². The van der Waals surface area contributed by atoms with E-state index in [1.54, 1.807) is 0 Å². The molecule has 1 N–H and O–H groups in total. The standard InChI is InChI=1S/C21H32FN3O3S/c22-18-9-11-20(12-10-18)29(27,28)25-14-6-13-24(15-16-25)17-21(26)23-19-7-4-2-1-3-5-8-19/h9-12,19H,1-8,13-17H2,(H,23,26). The maximum absolute atomic E-state index is 13.1. The van der Waals surface area contributed by atoms with Gasteiger partial charge in [-0.15, -0.1) is 0 Å². The van der Waals surface area contributed by atoms with Crippen LogP contribution in [0.2, 0.25) is 0 Å². The van der Waals surface area contributed by atoms with Crippen molar-refractivity contribution in [2.24, 2.45) is 0 Å². The van der Waals surface area contributed by atoms with E-state index < -0.39 is 15.8 Å². The van der Waals surface area contributed by atoms with Crippen molar-refractivity contribution >= 4 is 15.9 Å². The van der Waals surface area contributed by atoms with Gasteiger partial charge >= 0.3 is 0 Å². The molecule has 2 fully saturated rings. The van der Waals surface area contributed by atoms with Gasteiger partial charge in [0.2, 0.25) is 15.9 Å². The topological polar surface area (TPSA) is 69.7 Å². The lowest BCUT2D eigenvalue weighted by atomic mass is 9.97. The van der Waals surface area contributed by atoms with Crippen LogP contribution in [0, 0.1) is 5.82 Å². The average molecular weight is 426 g/mol. The number of amides is 1. The molecule has 0 atom stereocenters. The number of carbonyl (C=O) groups excluding carboxylic acids is 1. The van der Waals surface area contributed by atoms with Gasteiger partial charge in [-0.05, 0) is 50.1 Å². The van der Waals surface area contributed by atoms with Gasteiger partial charge in [0, 0.05) is 25.7 Å². The molecule has 6 nitrogen and oxygen atoms in total. The van der Waals surface area contributed by atoms with E-state index in [0.717, 1.165) is 25.0 Å². The summed E-state index contributed by atoms with van der Waals surface area (Å²) in [6.45, 7) is 2.24. The smallest absolute Gasteiger partial charge is 0.243 e. The lowest BCUT2D eigenvalue weighted by Gasteiger charge is -2.24. The SMILES string of the molecule is O=C(CN1CCCN(S(=O)(=O)c2ccc(F)cc2)CC1)NC1CCCCCCC1. The van der Waals surface area contributed by atoms with Crippen LogP contribution in [0.15, 0.2) is 29.2 Å². The van der Waals surface area contributed by atoms with Crippen molar-refractivity contribution in [3.8, 4) is 0 Å². The van der Waals surface area contributed by atoms with E-state index in [9.17, 15) is 17.6 Å². The first-order chi connectivity index (χ1) is 13.9. The third kappa shape index (κ3) is 6.49. The predicted molar refractivity (Wildman–Crippen MR) is 110 cm³/mol. The van der Waals surface area contributed by atoms with Gasteiger partial charge in [0.25, 0.3) is 0 Å². The second-order valence-corrected chi connectivity index (χ2v) is 10.0. The summed E-state index contributed by atoms with van der Waals surface area (Å²) >= 11 is 0. The largest absolute Gasteiger partial charge is 0.352 e. The van der Waals surface area contributed by atoms with Crippen LogP contribution in [0.3, 0.4) is 0 Å². The fourth-order valence-corrected chi connectivity index (χ4v) is 5.65. The minimum absolute atomic E-state index is 0.0328. The van der Waals surface area contributed by atoms with Gasteiger partial charge in [0.15, 0.2) is 0 Å². The van der Waals surface area contributed by atoms with Crippen molar-refractivity contribution in [1.29, 1.82) is 0 Å². The molecule has 0 radical (unpaired) electrons. The molecule has 1 amide bonds. The van der Waals surface area contributed by atoms with E-state index in [0.29, 0.717) is 39.1 Å². The first kappa shape index (κ1) is 22.2. The Hall–Kier alpha value is -1.51. The molecular weight excluding hydrogens is 393 g/mol. The number of hydrogen-bond donors (Lipinski definition) is 1. The van der Waals surface area contributed by atoms with Crippen LogP contribution in [0.1, 0.15) is 51.4 Å². The average Bonchev–Trinajstić information content (AvgIpc) is 2.90. The number of nitrogens with zero attached hydrogens (tertiary/aromatic N) is 2. The second-order valence-electron chi connectivity index (χ2n) is 8.10. The first-order valence-corrected chi connectivity index (χ1v) is 12.2. The molecule has 1 heterocycles. The summed E-state index contributed by atoms with van der Waals surface area (Å²) in [6, 6.07) is 5.20. The van der Waals surface area contributed by atoms with E-state index >= 15 is 0 Å². The molecule has 1 saturated carbocycles. The number of sulfonamides is 1. The summed E-state index contributed by atoms with van der Waals surface area (Å²) in [5.74, 6) is -0.424. The summed E-state index contributed by atoms with van der Waals surface area (Å²) in [5, 5.41) is 3.18. The number of hydrogen-bond acceptors (Lipinski definition) is 4. The van der Waals surface area contributed by atoms with Gasteiger partial charge in [0.1, 0.15) is 5.82 Å². The van der Waals surface area contributed by atoms with Crippen LogP contribution in [-0.4, -0.2) is 62.3 Å². The Balaban J connectivity index is 1.51. The number of carbonyl (C=O) groups is 1. The minimum atomic E-state index is -3.64. The number of benzene rings is 1. The van der Waals surface area contributed by atoms with Crippen molar-refractivity contribution in [2.45, 2.75) is 62.3 Å². The molecule has 1 saturated heterocycles. The Morgan fingerprint density at radius 3 is 2.28 bits per heavy atom. The number of nitrogens with one attached hydrogen (secondary N) is 1. The molecule has 0 spiro atoms. The summed E-state index contributed by atoms with van der Waals surface area (Å²) in [5.41, 5.74) is 0. The van der Waals surface area contributed by atoms with Gasteiger partial charge in [-0.25, -0.2) is 12.8 Å². The molecule has 2 aliphatic rings. The highest BCUT2D eigenvalue weighted by molar-refractivity contribution is 7.89. The van der Waals surface area contributed by atoms with Crippen molar-refractivity contribution in [3.05, 3.63) is 30.1 Å². The monoisotopic (exact) mass is 425 g/mol. The van der Waals surface area contributed by atoms with Gasteiger partial charge in [-0.1, -0.05) is 32.1 Å². The summed E-state index contributed by atoms with van der Waals surface area (Å²) in [6.07, 6.45) is 8.90. The zero-order chi connectivity index (χ0) is 20.7. The third-order valence-corrected chi connectivity index (χ3v) is 7.75. The molecule has 1 aromatic carbocycles. The molecule has 162 valence electrons. The maximum atomic E-state index is 13.1. The first-order valence-electron chi connectivity index (χ1n) is 10.7. The van der Waals surface area contributed by atoms with Crippen LogP contribution in [-0.2, 0) is 14.8 Å². The quantitative estimate of drug-likeness (QED) is 0.788. The fourth-order valence-electron chi connectivity index (χ4n) is 4.18. The molecule has 1 aliphatic heterocycles. The van der Waals surface area contributed by atoms with Crippen molar-refractivity contribution in [3.63, 3.8) is 0 Å². The Morgan fingerprint density at radius 2 is 1.59 bits per heavy atom. The molecule has 1 aliphatic carbocycles. The summed E-state index contributed by atoms with van der Waals surface area (Å²) in [4.78, 5) is 14.6. The van der Waals surface area contributed by atoms with Crippen LogP contribution in [0.25, 0.3) is 0 Å². The highest BCUT2D eigenvalue weighted by atomic mass is 32.2. The van der Waals surface area contributed by atoms with Gasteiger partial charge in [0.05, 0.1) is 11.4 Å². The summed E-state index contributed by atoms with van der Waals surface area (Å²) in [7, 11) is -3.64. The Kier molecular flexibility index (Phi) is 8.03. The molecule has 0 unspecified atom stereocenters. The zero-order valence-corrected chi connectivity index (χ0v) is 17.8. The zero-order valence-electron chi connectivity index (χ0n) is 17.0. The maximum Gasteiger partial charge on any atom is 0.243 e. The van der Waals surface area contributed by atoms with E-state index in [4.69, 9.17) is 0 Å². The lowest BCUT2D eigenvalue weighted by Crippen LogP contribution is -2.43. The Morgan fingerprint density at radius 1 is 0.931 bits per heavy atom. The molecular formula is C21H32FN3O3S. The van der Waals surface area contributed by atoms with Crippen LogP contribution >= 0.6 is 0 Å². The Bertz CT molecular complexity index is 762. The summed E-state index contributed by atoms with van der Waals surface area (Å²) < 4.78 is 40.2. The molecule has 0 bridgehead atoms. The number of halogens is 1. The normalized spacial score (nSPS) is 21.1. The molecule has 29 heavy (non-hydrogen) atoms. The lowest BCUT2D eigenvalue weighted by molar-refractivity contribution is -0.123. The molecule has 1 aromatic rings. The predicted octanol–water partition coefficient (Wildman–Crippen LogP) is 2.75. The van der Waals surface area contributed by atoms with Crippen LogP contribution < -0.4 is 5.32 Å². The van der Waals surface area contributed by atoms with Gasteiger partial charge in [-0.2, -0.15) is 4.31 Å². The van der Waals surface area contributed by atoms with Crippen molar-refractivity contribution in [2.75, 3.05) is 32.7 Å². The molecule has 0 aromatic heterocycles. The second kappa shape index (κ2) is 10.5.